The van der Waals surface area contributed by atoms with Crippen molar-refractivity contribution in [1.82, 2.24) is 9.97 Å². The Morgan fingerprint density at radius 2 is 2.17 bits per heavy atom. The molecule has 0 saturated carbocycles. The second kappa shape index (κ2) is 7.63. The molecule has 0 bridgehead atoms. The highest BCUT2D eigenvalue weighted by Crippen LogP contribution is 2.10. The van der Waals surface area contributed by atoms with Crippen LogP contribution in [0.4, 0.5) is 5.82 Å². The number of rotatable bonds is 8. The van der Waals surface area contributed by atoms with E-state index in [1.165, 1.54) is 6.33 Å². The number of aliphatic carboxylic acids is 1. The molecule has 0 amide bonds. The van der Waals surface area contributed by atoms with Gasteiger partial charge in [-0.15, -0.1) is 0 Å². The van der Waals surface area contributed by atoms with Gasteiger partial charge in [0.25, 0.3) is 0 Å². The van der Waals surface area contributed by atoms with Crippen LogP contribution in [-0.2, 0) is 11.2 Å². The summed E-state index contributed by atoms with van der Waals surface area (Å²) in [6.07, 6.45) is 5.00. The van der Waals surface area contributed by atoms with Crippen LogP contribution in [0.2, 0.25) is 0 Å². The van der Waals surface area contributed by atoms with Crippen molar-refractivity contribution in [2.24, 2.45) is 5.92 Å². The van der Waals surface area contributed by atoms with Crippen molar-refractivity contribution >= 4 is 11.8 Å². The lowest BCUT2D eigenvalue weighted by Crippen LogP contribution is -2.23. The minimum Gasteiger partial charge on any atom is -0.481 e. The van der Waals surface area contributed by atoms with Gasteiger partial charge in [0.05, 0.1) is 5.92 Å². The first-order valence-corrected chi connectivity index (χ1v) is 6.45. The van der Waals surface area contributed by atoms with Crippen LogP contribution in [0.25, 0.3) is 0 Å². The SMILES string of the molecule is CCCc1cc(NCC(CCC)C(=O)O)ncn1. The van der Waals surface area contributed by atoms with Crippen LogP contribution >= 0.6 is 0 Å². The van der Waals surface area contributed by atoms with Gasteiger partial charge in [-0.05, 0) is 12.8 Å². The third-order valence-electron chi connectivity index (χ3n) is 2.75. The average Bonchev–Trinajstić information content (AvgIpc) is 2.35. The molecule has 0 radical (unpaired) electrons. The molecular formula is C13H21N3O2. The summed E-state index contributed by atoms with van der Waals surface area (Å²) in [5.41, 5.74) is 0.984. The highest BCUT2D eigenvalue weighted by atomic mass is 16.4. The molecular weight excluding hydrogens is 230 g/mol. The first-order chi connectivity index (χ1) is 8.67. The lowest BCUT2D eigenvalue weighted by Gasteiger charge is -2.12. The number of aromatic nitrogens is 2. The Kier molecular flexibility index (Phi) is 6.11. The zero-order valence-corrected chi connectivity index (χ0v) is 11.0. The Morgan fingerprint density at radius 1 is 1.39 bits per heavy atom. The Morgan fingerprint density at radius 3 is 2.78 bits per heavy atom. The standard InChI is InChI=1S/C13H21N3O2/c1-3-5-10(13(17)18)8-14-12-7-11(6-4-2)15-9-16-12/h7,9-10H,3-6,8H2,1-2H3,(H,17,18)(H,14,15,16). The second-order valence-electron chi connectivity index (χ2n) is 4.35. The number of nitrogens with zero attached hydrogens (tertiary/aromatic N) is 2. The number of carbonyl (C=O) groups is 1. The topological polar surface area (TPSA) is 75.1 Å². The number of hydrogen-bond acceptors (Lipinski definition) is 4. The number of carboxylic acid groups (broad SMARTS) is 1. The highest BCUT2D eigenvalue weighted by molar-refractivity contribution is 5.70. The van der Waals surface area contributed by atoms with Gasteiger partial charge in [0.1, 0.15) is 12.1 Å². The quantitative estimate of drug-likeness (QED) is 0.741. The molecule has 1 unspecified atom stereocenters. The van der Waals surface area contributed by atoms with E-state index in [2.05, 4.69) is 22.2 Å². The lowest BCUT2D eigenvalue weighted by atomic mass is 10.0. The average molecular weight is 251 g/mol. The summed E-state index contributed by atoms with van der Waals surface area (Å²) in [4.78, 5) is 19.3. The number of carboxylic acids is 1. The van der Waals surface area contributed by atoms with E-state index in [1.807, 2.05) is 13.0 Å². The van der Waals surface area contributed by atoms with E-state index in [4.69, 9.17) is 5.11 Å². The molecule has 1 atom stereocenters. The summed E-state index contributed by atoms with van der Waals surface area (Å²) < 4.78 is 0. The van der Waals surface area contributed by atoms with Gasteiger partial charge >= 0.3 is 5.97 Å². The van der Waals surface area contributed by atoms with Gasteiger partial charge in [-0.25, -0.2) is 9.97 Å². The number of aryl methyl sites for hydroxylation is 1. The summed E-state index contributed by atoms with van der Waals surface area (Å²) >= 11 is 0. The van der Waals surface area contributed by atoms with Gasteiger partial charge in [-0.3, -0.25) is 4.79 Å². The number of hydrogen-bond donors (Lipinski definition) is 2. The van der Waals surface area contributed by atoms with Crippen LogP contribution in [0.15, 0.2) is 12.4 Å². The maximum atomic E-state index is 11.0. The molecule has 5 nitrogen and oxygen atoms in total. The van der Waals surface area contributed by atoms with Crippen molar-refractivity contribution in [2.75, 3.05) is 11.9 Å². The van der Waals surface area contributed by atoms with Gasteiger partial charge in [0, 0.05) is 18.3 Å². The second-order valence-corrected chi connectivity index (χ2v) is 4.35. The van der Waals surface area contributed by atoms with Crippen LogP contribution in [0.1, 0.15) is 38.8 Å². The van der Waals surface area contributed by atoms with Crippen LogP contribution in [0.5, 0.6) is 0 Å². The summed E-state index contributed by atoms with van der Waals surface area (Å²) in [5.74, 6) is -0.414. The van der Waals surface area contributed by atoms with Crippen molar-refractivity contribution in [3.63, 3.8) is 0 Å². The van der Waals surface area contributed by atoms with Crippen molar-refractivity contribution in [1.29, 1.82) is 0 Å². The molecule has 0 aliphatic carbocycles. The Labute approximate surface area is 108 Å². The van der Waals surface area contributed by atoms with E-state index in [0.29, 0.717) is 18.8 Å². The minimum absolute atomic E-state index is 0.361. The van der Waals surface area contributed by atoms with E-state index in [-0.39, 0.29) is 5.92 Å². The van der Waals surface area contributed by atoms with Gasteiger partial charge in [0.15, 0.2) is 0 Å². The largest absolute Gasteiger partial charge is 0.481 e. The first-order valence-electron chi connectivity index (χ1n) is 6.45. The first kappa shape index (κ1) is 14.4. The fraction of sp³-hybridized carbons (Fsp3) is 0.615. The molecule has 0 saturated heterocycles. The zero-order valence-electron chi connectivity index (χ0n) is 11.0. The number of nitrogens with one attached hydrogen (secondary N) is 1. The molecule has 1 heterocycles. The molecule has 1 rings (SSSR count). The summed E-state index contributed by atoms with van der Waals surface area (Å²) in [6.45, 7) is 4.49. The third kappa shape index (κ3) is 4.69. The molecule has 100 valence electrons. The normalized spacial score (nSPS) is 12.1. The lowest BCUT2D eigenvalue weighted by molar-refractivity contribution is -0.141. The van der Waals surface area contributed by atoms with E-state index in [0.717, 1.165) is 25.0 Å². The highest BCUT2D eigenvalue weighted by Gasteiger charge is 2.15. The fourth-order valence-corrected chi connectivity index (χ4v) is 1.78. The van der Waals surface area contributed by atoms with E-state index in [1.54, 1.807) is 0 Å². The molecule has 5 heteroatoms. The number of anilines is 1. The monoisotopic (exact) mass is 251 g/mol. The Bertz CT molecular complexity index is 382. The van der Waals surface area contributed by atoms with Crippen LogP contribution in [-0.4, -0.2) is 27.6 Å². The molecule has 0 spiro atoms. The van der Waals surface area contributed by atoms with Crippen LogP contribution < -0.4 is 5.32 Å². The van der Waals surface area contributed by atoms with Gasteiger partial charge in [0.2, 0.25) is 0 Å². The smallest absolute Gasteiger partial charge is 0.308 e. The van der Waals surface area contributed by atoms with E-state index in [9.17, 15) is 4.79 Å². The predicted molar refractivity (Wildman–Crippen MR) is 70.6 cm³/mol. The maximum Gasteiger partial charge on any atom is 0.308 e. The van der Waals surface area contributed by atoms with Crippen molar-refractivity contribution in [2.45, 2.75) is 39.5 Å². The molecule has 1 aromatic heterocycles. The molecule has 0 aliphatic heterocycles. The Hall–Kier alpha value is -1.65. The predicted octanol–water partition coefficient (Wildman–Crippen LogP) is 2.34. The molecule has 1 aromatic rings. The maximum absolute atomic E-state index is 11.0. The van der Waals surface area contributed by atoms with Crippen LogP contribution in [0.3, 0.4) is 0 Å². The minimum atomic E-state index is -0.757. The molecule has 2 N–H and O–H groups in total. The fourth-order valence-electron chi connectivity index (χ4n) is 1.78. The molecule has 0 fully saturated rings. The van der Waals surface area contributed by atoms with Crippen molar-refractivity contribution in [3.8, 4) is 0 Å². The van der Waals surface area contributed by atoms with Gasteiger partial charge in [-0.1, -0.05) is 26.7 Å². The summed E-state index contributed by atoms with van der Waals surface area (Å²) in [6, 6.07) is 1.88. The Balaban J connectivity index is 2.55. The van der Waals surface area contributed by atoms with Gasteiger partial charge in [-0.2, -0.15) is 0 Å². The van der Waals surface area contributed by atoms with E-state index >= 15 is 0 Å². The molecule has 0 aromatic carbocycles. The third-order valence-corrected chi connectivity index (χ3v) is 2.75. The van der Waals surface area contributed by atoms with E-state index < -0.39 is 5.97 Å². The van der Waals surface area contributed by atoms with Crippen molar-refractivity contribution < 1.29 is 9.90 Å². The molecule has 18 heavy (non-hydrogen) atoms. The van der Waals surface area contributed by atoms with Crippen LogP contribution in [0, 0.1) is 5.92 Å². The van der Waals surface area contributed by atoms with Gasteiger partial charge < -0.3 is 10.4 Å². The van der Waals surface area contributed by atoms with Crippen molar-refractivity contribution in [3.05, 3.63) is 18.1 Å². The zero-order chi connectivity index (χ0) is 13.4. The molecule has 0 aliphatic rings. The summed E-state index contributed by atoms with van der Waals surface area (Å²) in [7, 11) is 0. The summed E-state index contributed by atoms with van der Waals surface area (Å²) in [5, 5.41) is 12.1.